The molecule has 3 aromatic rings. The molecule has 0 bridgehead atoms. The highest BCUT2D eigenvalue weighted by molar-refractivity contribution is 5.80. The normalized spacial score (nSPS) is 19.8. The summed E-state index contributed by atoms with van der Waals surface area (Å²) in [6, 6.07) is 0. The molecule has 2 aliphatic heterocycles. The van der Waals surface area contributed by atoms with Crippen LogP contribution in [-0.2, 0) is 29.5 Å². The number of aromatic nitrogens is 6. The van der Waals surface area contributed by atoms with Crippen LogP contribution in [0, 0.1) is 18.8 Å². The Balaban J connectivity index is 1.36. The molecule has 5 rings (SSSR count). The Labute approximate surface area is 187 Å². The van der Waals surface area contributed by atoms with E-state index in [2.05, 4.69) is 28.9 Å². The van der Waals surface area contributed by atoms with Gasteiger partial charge >= 0.3 is 0 Å². The first-order valence-electron chi connectivity index (χ1n) is 11.6. The van der Waals surface area contributed by atoms with Crippen LogP contribution >= 0.6 is 0 Å². The SMILES string of the molecule is CCn1ncc(-c2nc3c(CC4CCN(C(=O)C5CCOCC5)C4)ncnc3n2C)c1C. The van der Waals surface area contributed by atoms with E-state index in [4.69, 9.17) is 9.72 Å². The minimum atomic E-state index is 0.124. The molecule has 1 atom stereocenters. The number of amides is 1. The Kier molecular flexibility index (Phi) is 5.67. The molecule has 3 aromatic heterocycles. The van der Waals surface area contributed by atoms with Gasteiger partial charge in [0.1, 0.15) is 17.7 Å². The van der Waals surface area contributed by atoms with Gasteiger partial charge in [-0.3, -0.25) is 9.48 Å². The van der Waals surface area contributed by atoms with Crippen molar-refractivity contribution in [3.63, 3.8) is 0 Å². The number of hydrogen-bond acceptors (Lipinski definition) is 6. The summed E-state index contributed by atoms with van der Waals surface area (Å²) in [5.41, 5.74) is 4.76. The number of aryl methyl sites for hydroxylation is 2. The van der Waals surface area contributed by atoms with Crippen LogP contribution in [-0.4, -0.2) is 66.4 Å². The van der Waals surface area contributed by atoms with Gasteiger partial charge in [0, 0.05) is 51.5 Å². The molecule has 1 amide bonds. The van der Waals surface area contributed by atoms with E-state index in [1.54, 1.807) is 6.33 Å². The summed E-state index contributed by atoms with van der Waals surface area (Å²) < 4.78 is 9.42. The zero-order valence-corrected chi connectivity index (χ0v) is 19.1. The zero-order chi connectivity index (χ0) is 22.2. The highest BCUT2D eigenvalue weighted by Crippen LogP contribution is 2.29. The second-order valence-corrected chi connectivity index (χ2v) is 8.98. The summed E-state index contributed by atoms with van der Waals surface area (Å²) >= 11 is 0. The van der Waals surface area contributed by atoms with Crippen LogP contribution in [0.5, 0.6) is 0 Å². The Hall–Kier alpha value is -2.81. The Bertz CT molecular complexity index is 1130. The number of ether oxygens (including phenoxy) is 1. The van der Waals surface area contributed by atoms with E-state index in [1.165, 1.54) is 0 Å². The van der Waals surface area contributed by atoms with Crippen LogP contribution in [0.25, 0.3) is 22.6 Å². The fraction of sp³-hybridized carbons (Fsp3) is 0.609. The molecule has 9 heteroatoms. The molecule has 0 radical (unpaired) electrons. The molecule has 0 N–H and O–H groups in total. The van der Waals surface area contributed by atoms with Gasteiger partial charge in [0.25, 0.3) is 0 Å². The molecule has 2 aliphatic rings. The molecule has 5 heterocycles. The third-order valence-corrected chi connectivity index (χ3v) is 7.03. The maximum absolute atomic E-state index is 12.9. The summed E-state index contributed by atoms with van der Waals surface area (Å²) in [5, 5.41) is 4.47. The third-order valence-electron chi connectivity index (χ3n) is 7.03. The van der Waals surface area contributed by atoms with Gasteiger partial charge in [-0.1, -0.05) is 0 Å². The fourth-order valence-corrected chi connectivity index (χ4v) is 5.10. The summed E-state index contributed by atoms with van der Waals surface area (Å²) in [4.78, 5) is 29.0. The first-order valence-corrected chi connectivity index (χ1v) is 11.6. The lowest BCUT2D eigenvalue weighted by Gasteiger charge is -2.26. The van der Waals surface area contributed by atoms with E-state index in [0.29, 0.717) is 25.0 Å². The standard InChI is InChI=1S/C23H31N7O2/c1-4-30-15(2)18(12-26-30)21-27-20-19(24-14-25-22(20)28(21)3)11-16-5-8-29(13-16)23(31)17-6-9-32-10-7-17/h12,14,16-17H,4-11,13H2,1-3H3. The van der Waals surface area contributed by atoms with Crippen molar-refractivity contribution in [1.29, 1.82) is 0 Å². The van der Waals surface area contributed by atoms with Gasteiger partial charge in [0.05, 0.1) is 17.5 Å². The molecular formula is C23H31N7O2. The molecule has 0 aliphatic carbocycles. The monoisotopic (exact) mass is 437 g/mol. The number of carbonyl (C=O) groups excluding carboxylic acids is 1. The zero-order valence-electron chi connectivity index (χ0n) is 19.1. The van der Waals surface area contributed by atoms with Crippen LogP contribution in [0.3, 0.4) is 0 Å². The molecule has 0 spiro atoms. The van der Waals surface area contributed by atoms with Crippen LogP contribution in [0.15, 0.2) is 12.5 Å². The number of hydrogen-bond donors (Lipinski definition) is 0. The minimum Gasteiger partial charge on any atom is -0.381 e. The summed E-state index contributed by atoms with van der Waals surface area (Å²) in [5.74, 6) is 1.68. The number of carbonyl (C=O) groups is 1. The first-order chi connectivity index (χ1) is 15.6. The van der Waals surface area contributed by atoms with Crippen molar-refractivity contribution in [1.82, 2.24) is 34.2 Å². The van der Waals surface area contributed by atoms with Crippen LogP contribution in [0.1, 0.15) is 37.6 Å². The summed E-state index contributed by atoms with van der Waals surface area (Å²) in [6.45, 7) is 8.00. The lowest BCUT2D eigenvalue weighted by molar-refractivity contribution is -0.137. The highest BCUT2D eigenvalue weighted by atomic mass is 16.5. The second kappa shape index (κ2) is 8.61. The molecule has 32 heavy (non-hydrogen) atoms. The first kappa shape index (κ1) is 21.1. The lowest BCUT2D eigenvalue weighted by Crippen LogP contribution is -2.37. The van der Waals surface area contributed by atoms with Gasteiger partial charge in [-0.15, -0.1) is 0 Å². The molecule has 1 unspecified atom stereocenters. The van der Waals surface area contributed by atoms with E-state index in [-0.39, 0.29) is 5.92 Å². The van der Waals surface area contributed by atoms with Crippen molar-refractivity contribution in [2.45, 2.75) is 46.1 Å². The van der Waals surface area contributed by atoms with Crippen molar-refractivity contribution < 1.29 is 9.53 Å². The maximum atomic E-state index is 12.9. The number of rotatable bonds is 5. The Morgan fingerprint density at radius 3 is 2.78 bits per heavy atom. The summed E-state index contributed by atoms with van der Waals surface area (Å²) in [6.07, 6.45) is 7.01. The molecule has 0 saturated carbocycles. The summed E-state index contributed by atoms with van der Waals surface area (Å²) in [7, 11) is 1.99. The van der Waals surface area contributed by atoms with Gasteiger partial charge < -0.3 is 14.2 Å². The smallest absolute Gasteiger partial charge is 0.225 e. The van der Waals surface area contributed by atoms with Gasteiger partial charge in [-0.05, 0) is 45.4 Å². The minimum absolute atomic E-state index is 0.124. The average Bonchev–Trinajstić information content (AvgIpc) is 3.52. The van der Waals surface area contributed by atoms with E-state index in [1.807, 2.05) is 27.4 Å². The average molecular weight is 438 g/mol. The van der Waals surface area contributed by atoms with E-state index < -0.39 is 0 Å². The van der Waals surface area contributed by atoms with Crippen LogP contribution in [0.4, 0.5) is 0 Å². The topological polar surface area (TPSA) is 91.0 Å². The quantitative estimate of drug-likeness (QED) is 0.609. The predicted molar refractivity (Wildman–Crippen MR) is 120 cm³/mol. The van der Waals surface area contributed by atoms with Gasteiger partial charge in [0.15, 0.2) is 5.65 Å². The predicted octanol–water partition coefficient (Wildman–Crippen LogP) is 2.37. The van der Waals surface area contributed by atoms with Gasteiger partial charge in [-0.25, -0.2) is 15.0 Å². The van der Waals surface area contributed by atoms with Gasteiger partial charge in [0.2, 0.25) is 5.91 Å². The Morgan fingerprint density at radius 1 is 1.22 bits per heavy atom. The fourth-order valence-electron chi connectivity index (χ4n) is 5.10. The third kappa shape index (κ3) is 3.68. The second-order valence-electron chi connectivity index (χ2n) is 8.98. The number of nitrogens with zero attached hydrogens (tertiary/aromatic N) is 7. The molecular weight excluding hydrogens is 406 g/mol. The van der Waals surface area contributed by atoms with Crippen molar-refractivity contribution in [2.75, 3.05) is 26.3 Å². The largest absolute Gasteiger partial charge is 0.381 e. The molecule has 9 nitrogen and oxygen atoms in total. The van der Waals surface area contributed by atoms with Crippen LogP contribution < -0.4 is 0 Å². The van der Waals surface area contributed by atoms with E-state index in [9.17, 15) is 4.79 Å². The van der Waals surface area contributed by atoms with Gasteiger partial charge in [-0.2, -0.15) is 5.10 Å². The number of likely N-dealkylation sites (tertiary alicyclic amines) is 1. The molecule has 170 valence electrons. The van der Waals surface area contributed by atoms with Crippen molar-refractivity contribution >= 4 is 17.1 Å². The van der Waals surface area contributed by atoms with E-state index in [0.717, 1.165) is 79.3 Å². The maximum Gasteiger partial charge on any atom is 0.225 e. The number of imidazole rings is 1. The Morgan fingerprint density at radius 2 is 2.03 bits per heavy atom. The number of fused-ring (bicyclic) bond motifs is 1. The lowest BCUT2D eigenvalue weighted by atomic mass is 9.98. The van der Waals surface area contributed by atoms with Crippen LogP contribution in [0.2, 0.25) is 0 Å². The van der Waals surface area contributed by atoms with E-state index >= 15 is 0 Å². The van der Waals surface area contributed by atoms with Crippen molar-refractivity contribution in [3.05, 3.63) is 23.9 Å². The van der Waals surface area contributed by atoms with Crippen molar-refractivity contribution in [3.8, 4) is 11.4 Å². The van der Waals surface area contributed by atoms with Crippen molar-refractivity contribution in [2.24, 2.45) is 18.9 Å². The molecule has 2 saturated heterocycles. The molecule has 0 aromatic carbocycles. The molecule has 2 fully saturated rings. The highest BCUT2D eigenvalue weighted by Gasteiger charge is 2.32.